The van der Waals surface area contributed by atoms with Crippen molar-refractivity contribution in [1.29, 1.82) is 0 Å². The van der Waals surface area contributed by atoms with Gasteiger partial charge in [0.15, 0.2) is 0 Å². The molecule has 4 rings (SSSR count). The lowest BCUT2D eigenvalue weighted by molar-refractivity contribution is -0.142. The Kier molecular flexibility index (Phi) is 7.08. The first-order valence-corrected chi connectivity index (χ1v) is 11.4. The average molecular weight is 450 g/mol. The maximum Gasteiger partial charge on any atom is 0.262 e. The van der Waals surface area contributed by atoms with Gasteiger partial charge in [0.05, 0.1) is 25.5 Å². The van der Waals surface area contributed by atoms with Crippen molar-refractivity contribution in [2.24, 2.45) is 11.0 Å². The number of hydrogen-bond donors (Lipinski definition) is 0. The van der Waals surface area contributed by atoms with Crippen molar-refractivity contribution in [3.8, 4) is 5.75 Å². The van der Waals surface area contributed by atoms with Crippen molar-refractivity contribution in [2.75, 3.05) is 33.9 Å². The molecule has 1 aliphatic heterocycles. The molecule has 33 heavy (non-hydrogen) atoms. The zero-order chi connectivity index (χ0) is 23.4. The first-order chi connectivity index (χ1) is 16.0. The van der Waals surface area contributed by atoms with Crippen molar-refractivity contribution >= 4 is 17.5 Å². The molecule has 7 nitrogen and oxygen atoms in total. The number of carbonyl (C=O) groups excluding carboxylic acids is 2. The lowest BCUT2D eigenvalue weighted by Crippen LogP contribution is -2.43. The molecule has 2 aliphatic rings. The molecule has 2 amide bonds. The summed E-state index contributed by atoms with van der Waals surface area (Å²) in [5, 5.41) is 6.30. The van der Waals surface area contributed by atoms with E-state index in [1.165, 1.54) is 0 Å². The number of methoxy groups -OCH3 is 2. The highest BCUT2D eigenvalue weighted by atomic mass is 16.5. The number of ether oxygens (including phenoxy) is 2. The Hall–Kier alpha value is -3.19. The second-order valence-electron chi connectivity index (χ2n) is 8.67. The largest absolute Gasteiger partial charge is 0.497 e. The van der Waals surface area contributed by atoms with Crippen molar-refractivity contribution in [3.63, 3.8) is 0 Å². The fourth-order valence-electron chi connectivity index (χ4n) is 4.04. The van der Waals surface area contributed by atoms with Crippen LogP contribution in [0.25, 0.3) is 0 Å². The fourth-order valence-corrected chi connectivity index (χ4v) is 4.04. The highest BCUT2D eigenvalue weighted by Crippen LogP contribution is 2.34. The molecule has 174 valence electrons. The molecule has 1 aliphatic carbocycles. The smallest absolute Gasteiger partial charge is 0.262 e. The topological polar surface area (TPSA) is 71.4 Å². The molecule has 1 heterocycles. The van der Waals surface area contributed by atoms with Crippen LogP contribution in [0.3, 0.4) is 0 Å². The fraction of sp³-hybridized carbons (Fsp3) is 0.423. The van der Waals surface area contributed by atoms with E-state index in [9.17, 15) is 9.59 Å². The summed E-state index contributed by atoms with van der Waals surface area (Å²) in [6.07, 6.45) is 2.40. The summed E-state index contributed by atoms with van der Waals surface area (Å²) in [5.74, 6) is 0.659. The van der Waals surface area contributed by atoms with Gasteiger partial charge in [0.2, 0.25) is 5.91 Å². The summed E-state index contributed by atoms with van der Waals surface area (Å²) in [6, 6.07) is 15.7. The van der Waals surface area contributed by atoms with E-state index >= 15 is 0 Å². The van der Waals surface area contributed by atoms with Crippen molar-refractivity contribution in [2.45, 2.75) is 32.2 Å². The summed E-state index contributed by atoms with van der Waals surface area (Å²) in [5.41, 5.74) is 3.98. The van der Waals surface area contributed by atoms with Crippen molar-refractivity contribution in [3.05, 3.63) is 65.2 Å². The van der Waals surface area contributed by atoms with Crippen LogP contribution in [-0.2, 0) is 14.3 Å². The number of hydrazone groups is 1. The van der Waals surface area contributed by atoms with E-state index in [-0.39, 0.29) is 30.3 Å². The minimum atomic E-state index is -0.212. The molecule has 7 heteroatoms. The predicted octanol–water partition coefficient (Wildman–Crippen LogP) is 3.57. The zero-order valence-corrected chi connectivity index (χ0v) is 19.5. The highest BCUT2D eigenvalue weighted by Gasteiger charge is 2.37. The molecular formula is C26H31N3O4. The maximum absolute atomic E-state index is 13.5. The van der Waals surface area contributed by atoms with Crippen LogP contribution in [0.4, 0.5) is 0 Å². The summed E-state index contributed by atoms with van der Waals surface area (Å²) in [6.45, 7) is 2.83. The molecule has 0 N–H and O–H groups in total. The molecule has 0 aromatic heterocycles. The molecule has 1 fully saturated rings. The molecule has 1 atom stereocenters. The summed E-state index contributed by atoms with van der Waals surface area (Å²) < 4.78 is 10.4. The van der Waals surface area contributed by atoms with Crippen LogP contribution in [0.5, 0.6) is 5.75 Å². The minimum absolute atomic E-state index is 0.000444. The van der Waals surface area contributed by atoms with E-state index < -0.39 is 0 Å². The Morgan fingerprint density at radius 3 is 2.36 bits per heavy atom. The van der Waals surface area contributed by atoms with E-state index in [4.69, 9.17) is 14.6 Å². The number of hydrogen-bond acceptors (Lipinski definition) is 5. The maximum atomic E-state index is 13.5. The van der Waals surface area contributed by atoms with Gasteiger partial charge in [-0.25, -0.2) is 5.01 Å². The number of benzene rings is 2. The molecule has 2 aromatic carbocycles. The number of aryl methyl sites for hydroxylation is 1. The number of amides is 2. The second-order valence-corrected chi connectivity index (χ2v) is 8.67. The van der Waals surface area contributed by atoms with Gasteiger partial charge >= 0.3 is 0 Å². The molecule has 0 bridgehead atoms. The number of nitrogens with zero attached hydrogens (tertiary/aromatic N) is 3. The molecular weight excluding hydrogens is 418 g/mol. The SMILES string of the molecule is COCCN(CC(=O)N1N=C(c2ccc(OC)cc2)CC1c1ccc(C)cc1)C(=O)C1CC1. The number of carbonyl (C=O) groups is 2. The summed E-state index contributed by atoms with van der Waals surface area (Å²) in [7, 11) is 3.23. The standard InChI is InChI=1S/C26H31N3O4/c1-18-4-6-20(7-5-18)24-16-23(19-10-12-22(33-3)13-11-19)27-29(24)25(30)17-28(14-15-32-2)26(31)21-8-9-21/h4-7,10-13,21,24H,8-9,14-17H2,1-3H3. The second kappa shape index (κ2) is 10.2. The van der Waals surface area contributed by atoms with Crippen molar-refractivity contribution < 1.29 is 19.1 Å². The van der Waals surface area contributed by atoms with Gasteiger partial charge in [-0.15, -0.1) is 0 Å². The van der Waals surface area contributed by atoms with Crippen molar-refractivity contribution in [1.82, 2.24) is 9.91 Å². The Morgan fingerprint density at radius 1 is 1.06 bits per heavy atom. The van der Waals surface area contributed by atoms with E-state index in [0.717, 1.165) is 41.0 Å². The monoisotopic (exact) mass is 449 g/mol. The Morgan fingerprint density at radius 2 is 1.76 bits per heavy atom. The first-order valence-electron chi connectivity index (χ1n) is 11.4. The van der Waals surface area contributed by atoms with Crippen LogP contribution >= 0.6 is 0 Å². The molecule has 0 saturated heterocycles. The van der Waals surface area contributed by atoms with E-state index in [1.54, 1.807) is 24.1 Å². The lowest BCUT2D eigenvalue weighted by Gasteiger charge is -2.27. The average Bonchev–Trinajstić information content (AvgIpc) is 3.60. The van der Waals surface area contributed by atoms with Crippen LogP contribution in [0.1, 0.15) is 42.0 Å². The lowest BCUT2D eigenvalue weighted by atomic mass is 9.97. The Balaban J connectivity index is 1.59. The summed E-state index contributed by atoms with van der Waals surface area (Å²) in [4.78, 5) is 27.8. The summed E-state index contributed by atoms with van der Waals surface area (Å²) >= 11 is 0. The van der Waals surface area contributed by atoms with Crippen LogP contribution in [-0.4, -0.2) is 61.4 Å². The van der Waals surface area contributed by atoms with Gasteiger partial charge in [0.25, 0.3) is 5.91 Å². The van der Waals surface area contributed by atoms with Crippen LogP contribution < -0.4 is 4.74 Å². The van der Waals surface area contributed by atoms with Crippen LogP contribution in [0.15, 0.2) is 53.6 Å². The normalized spacial score (nSPS) is 17.6. The third-order valence-corrected chi connectivity index (χ3v) is 6.18. The van der Waals surface area contributed by atoms with Gasteiger partial charge in [-0.2, -0.15) is 5.10 Å². The third kappa shape index (κ3) is 5.42. The highest BCUT2D eigenvalue weighted by molar-refractivity contribution is 6.03. The predicted molar refractivity (Wildman–Crippen MR) is 126 cm³/mol. The molecule has 0 radical (unpaired) electrons. The van der Waals surface area contributed by atoms with E-state index in [0.29, 0.717) is 19.6 Å². The van der Waals surface area contributed by atoms with Gasteiger partial charge in [-0.3, -0.25) is 9.59 Å². The third-order valence-electron chi connectivity index (χ3n) is 6.18. The minimum Gasteiger partial charge on any atom is -0.497 e. The van der Waals surface area contributed by atoms with Crippen LogP contribution in [0, 0.1) is 12.8 Å². The van der Waals surface area contributed by atoms with E-state index in [1.807, 2.05) is 55.5 Å². The van der Waals surface area contributed by atoms with Gasteiger partial charge in [0.1, 0.15) is 12.3 Å². The van der Waals surface area contributed by atoms with Crippen LogP contribution in [0.2, 0.25) is 0 Å². The Bertz CT molecular complexity index is 1010. The first kappa shape index (κ1) is 23.0. The van der Waals surface area contributed by atoms with Gasteiger partial charge in [-0.1, -0.05) is 29.8 Å². The molecule has 0 spiro atoms. The molecule has 1 saturated carbocycles. The number of rotatable bonds is 9. The zero-order valence-electron chi connectivity index (χ0n) is 19.5. The Labute approximate surface area is 195 Å². The van der Waals surface area contributed by atoms with E-state index in [2.05, 4.69) is 0 Å². The van der Waals surface area contributed by atoms with Gasteiger partial charge < -0.3 is 14.4 Å². The van der Waals surface area contributed by atoms with Gasteiger partial charge in [-0.05, 0) is 55.2 Å². The molecule has 2 aromatic rings. The molecule has 1 unspecified atom stereocenters. The van der Waals surface area contributed by atoms with Gasteiger partial charge in [0, 0.05) is 26.0 Å². The quantitative estimate of drug-likeness (QED) is 0.587.